The molecule has 1 unspecified atom stereocenters. The van der Waals surface area contributed by atoms with Crippen LogP contribution in [0.5, 0.6) is 0 Å². The molecule has 0 fully saturated rings. The van der Waals surface area contributed by atoms with Gasteiger partial charge in [0.2, 0.25) is 10.0 Å². The number of nitrogens with one attached hydrogen (secondary N) is 1. The maximum atomic E-state index is 11.7. The van der Waals surface area contributed by atoms with E-state index in [1.54, 1.807) is 13.8 Å². The fraction of sp³-hybridized carbons (Fsp3) is 0.538. The van der Waals surface area contributed by atoms with Gasteiger partial charge in [-0.15, -0.1) is 0 Å². The molecule has 0 saturated heterocycles. The summed E-state index contributed by atoms with van der Waals surface area (Å²) in [5, 5.41) is -0.409. The minimum absolute atomic E-state index is 0.0755. The average molecular weight is 269 g/mol. The Morgan fingerprint density at radius 1 is 1.33 bits per heavy atom. The SMILES string of the molecule is CC(C)S(=O)(=O)NCC1Cc2ccccc2CO1. The van der Waals surface area contributed by atoms with Gasteiger partial charge in [0.25, 0.3) is 0 Å². The molecule has 100 valence electrons. The molecule has 2 rings (SSSR count). The minimum atomic E-state index is -3.20. The molecule has 0 bridgehead atoms. The molecule has 18 heavy (non-hydrogen) atoms. The Morgan fingerprint density at radius 2 is 2.00 bits per heavy atom. The quantitative estimate of drug-likeness (QED) is 0.900. The Kier molecular flexibility index (Phi) is 4.04. The lowest BCUT2D eigenvalue weighted by Crippen LogP contribution is -2.39. The van der Waals surface area contributed by atoms with Crippen LogP contribution in [-0.4, -0.2) is 26.3 Å². The van der Waals surface area contributed by atoms with Crippen LogP contribution in [0.4, 0.5) is 0 Å². The molecule has 1 aliphatic rings. The molecule has 1 N–H and O–H groups in total. The number of ether oxygens (including phenoxy) is 1. The van der Waals surface area contributed by atoms with Crippen LogP contribution in [0.2, 0.25) is 0 Å². The van der Waals surface area contributed by atoms with Crippen molar-refractivity contribution in [1.29, 1.82) is 0 Å². The fourth-order valence-corrected chi connectivity index (χ4v) is 2.67. The van der Waals surface area contributed by atoms with Gasteiger partial charge in [0, 0.05) is 13.0 Å². The lowest BCUT2D eigenvalue weighted by Gasteiger charge is -2.25. The summed E-state index contributed by atoms with van der Waals surface area (Å²) in [5.41, 5.74) is 2.44. The van der Waals surface area contributed by atoms with Crippen LogP contribution >= 0.6 is 0 Å². The van der Waals surface area contributed by atoms with Crippen LogP contribution in [0.15, 0.2) is 24.3 Å². The highest BCUT2D eigenvalue weighted by Gasteiger charge is 2.22. The number of fused-ring (bicyclic) bond motifs is 1. The number of rotatable bonds is 4. The monoisotopic (exact) mass is 269 g/mol. The van der Waals surface area contributed by atoms with Gasteiger partial charge in [-0.25, -0.2) is 13.1 Å². The van der Waals surface area contributed by atoms with E-state index in [2.05, 4.69) is 10.8 Å². The molecule has 0 aliphatic carbocycles. The van der Waals surface area contributed by atoms with Crippen molar-refractivity contribution in [3.8, 4) is 0 Å². The molecule has 4 nitrogen and oxygen atoms in total. The maximum absolute atomic E-state index is 11.7. The third-order valence-corrected chi connectivity index (χ3v) is 4.98. The highest BCUT2D eigenvalue weighted by atomic mass is 32.2. The van der Waals surface area contributed by atoms with Crippen molar-refractivity contribution in [3.05, 3.63) is 35.4 Å². The van der Waals surface area contributed by atoms with Gasteiger partial charge in [0.1, 0.15) is 0 Å². The Hall–Kier alpha value is -0.910. The summed E-state index contributed by atoms with van der Waals surface area (Å²) in [6.45, 7) is 4.23. The lowest BCUT2D eigenvalue weighted by atomic mass is 9.99. The first-order valence-electron chi connectivity index (χ1n) is 6.16. The van der Waals surface area contributed by atoms with E-state index < -0.39 is 15.3 Å². The molecule has 0 saturated carbocycles. The first-order valence-corrected chi connectivity index (χ1v) is 7.70. The van der Waals surface area contributed by atoms with Crippen LogP contribution in [-0.2, 0) is 27.8 Å². The number of hydrogen-bond donors (Lipinski definition) is 1. The average Bonchev–Trinajstić information content (AvgIpc) is 2.36. The van der Waals surface area contributed by atoms with Gasteiger partial charge in [-0.05, 0) is 25.0 Å². The van der Waals surface area contributed by atoms with E-state index in [0.717, 1.165) is 6.42 Å². The first kappa shape index (κ1) is 13.5. The summed E-state index contributed by atoms with van der Waals surface area (Å²) in [5.74, 6) is 0. The summed E-state index contributed by atoms with van der Waals surface area (Å²) >= 11 is 0. The van der Waals surface area contributed by atoms with Gasteiger partial charge in [-0.1, -0.05) is 24.3 Å². The second-order valence-electron chi connectivity index (χ2n) is 4.85. The molecule has 0 spiro atoms. The highest BCUT2D eigenvalue weighted by Crippen LogP contribution is 2.19. The van der Waals surface area contributed by atoms with Crippen LogP contribution in [0.1, 0.15) is 25.0 Å². The van der Waals surface area contributed by atoms with Crippen molar-refractivity contribution < 1.29 is 13.2 Å². The molecule has 1 heterocycles. The van der Waals surface area contributed by atoms with Crippen molar-refractivity contribution in [1.82, 2.24) is 4.72 Å². The first-order chi connectivity index (χ1) is 8.49. The highest BCUT2D eigenvalue weighted by molar-refractivity contribution is 7.90. The van der Waals surface area contributed by atoms with Gasteiger partial charge >= 0.3 is 0 Å². The van der Waals surface area contributed by atoms with Gasteiger partial charge in [-0.2, -0.15) is 0 Å². The topological polar surface area (TPSA) is 55.4 Å². The molecule has 1 aromatic rings. The van der Waals surface area contributed by atoms with Gasteiger partial charge in [0.05, 0.1) is 18.0 Å². The molecule has 1 aromatic carbocycles. The summed E-state index contributed by atoms with van der Waals surface area (Å²) in [6.07, 6.45) is 0.685. The molecule has 0 amide bonds. The number of sulfonamides is 1. The van der Waals surface area contributed by atoms with E-state index in [0.29, 0.717) is 13.2 Å². The largest absolute Gasteiger partial charge is 0.372 e. The van der Waals surface area contributed by atoms with Crippen molar-refractivity contribution in [3.63, 3.8) is 0 Å². The van der Waals surface area contributed by atoms with Gasteiger partial charge < -0.3 is 4.74 Å². The van der Waals surface area contributed by atoms with E-state index >= 15 is 0 Å². The Balaban J connectivity index is 1.95. The standard InChI is InChI=1S/C13H19NO3S/c1-10(2)18(15,16)14-8-13-7-11-5-3-4-6-12(11)9-17-13/h3-6,10,13-14H,7-9H2,1-2H3. The van der Waals surface area contributed by atoms with Crippen LogP contribution in [0.3, 0.4) is 0 Å². The summed E-state index contributed by atoms with van der Waals surface area (Å²) in [4.78, 5) is 0. The predicted molar refractivity (Wildman–Crippen MR) is 70.8 cm³/mol. The normalized spacial score (nSPS) is 19.8. The molecule has 0 aromatic heterocycles. The van der Waals surface area contributed by atoms with E-state index in [-0.39, 0.29) is 6.10 Å². The fourth-order valence-electron chi connectivity index (χ4n) is 1.92. The van der Waals surface area contributed by atoms with Crippen LogP contribution in [0.25, 0.3) is 0 Å². The smallest absolute Gasteiger partial charge is 0.214 e. The molecular weight excluding hydrogens is 250 g/mol. The second kappa shape index (κ2) is 5.38. The Labute approximate surface area is 108 Å². The Bertz CT molecular complexity index is 511. The Morgan fingerprint density at radius 3 is 2.67 bits per heavy atom. The molecule has 1 aliphatic heterocycles. The molecule has 0 radical (unpaired) electrons. The predicted octanol–water partition coefficient (Wildman–Crippen LogP) is 1.46. The third kappa shape index (κ3) is 3.10. The minimum Gasteiger partial charge on any atom is -0.372 e. The van der Waals surface area contributed by atoms with Crippen LogP contribution in [0, 0.1) is 0 Å². The van der Waals surface area contributed by atoms with Gasteiger partial charge in [0.15, 0.2) is 0 Å². The van der Waals surface area contributed by atoms with E-state index in [1.807, 2.05) is 18.2 Å². The number of hydrogen-bond acceptors (Lipinski definition) is 3. The zero-order chi connectivity index (χ0) is 13.2. The van der Waals surface area contributed by atoms with E-state index in [4.69, 9.17) is 4.74 Å². The zero-order valence-electron chi connectivity index (χ0n) is 10.7. The number of benzene rings is 1. The van der Waals surface area contributed by atoms with Gasteiger partial charge in [-0.3, -0.25) is 0 Å². The van der Waals surface area contributed by atoms with Crippen LogP contribution < -0.4 is 4.72 Å². The van der Waals surface area contributed by atoms with E-state index in [1.165, 1.54) is 11.1 Å². The van der Waals surface area contributed by atoms with Crippen molar-refractivity contribution >= 4 is 10.0 Å². The molecule has 5 heteroatoms. The zero-order valence-corrected chi connectivity index (χ0v) is 11.5. The summed E-state index contributed by atoms with van der Waals surface area (Å²) in [7, 11) is -3.20. The molecule has 1 atom stereocenters. The maximum Gasteiger partial charge on any atom is 0.214 e. The van der Waals surface area contributed by atoms with Crippen molar-refractivity contribution in [2.24, 2.45) is 0 Å². The third-order valence-electron chi connectivity index (χ3n) is 3.17. The van der Waals surface area contributed by atoms with Crippen molar-refractivity contribution in [2.45, 2.75) is 38.2 Å². The molecular formula is C13H19NO3S. The van der Waals surface area contributed by atoms with E-state index in [9.17, 15) is 8.42 Å². The summed E-state index contributed by atoms with van der Waals surface area (Å²) in [6, 6.07) is 8.11. The summed E-state index contributed by atoms with van der Waals surface area (Å²) < 4.78 is 31.6. The second-order valence-corrected chi connectivity index (χ2v) is 7.17. The van der Waals surface area contributed by atoms with Crippen molar-refractivity contribution in [2.75, 3.05) is 6.54 Å². The lowest BCUT2D eigenvalue weighted by molar-refractivity contribution is 0.0322.